The zero-order chi connectivity index (χ0) is 13.3. The Balaban J connectivity index is 2.35. The molecule has 0 aliphatic heterocycles. The highest BCUT2D eigenvalue weighted by Gasteiger charge is 2.23. The molecule has 0 bridgehead atoms. The third-order valence-electron chi connectivity index (χ3n) is 3.49. The van der Waals surface area contributed by atoms with E-state index in [1.807, 2.05) is 14.0 Å². The molecule has 0 unspecified atom stereocenters. The lowest BCUT2D eigenvalue weighted by molar-refractivity contribution is 0.463. The summed E-state index contributed by atoms with van der Waals surface area (Å²) in [5.74, 6) is 0.958. The Bertz CT molecular complexity index is 542. The summed E-state index contributed by atoms with van der Waals surface area (Å²) in [7, 11) is 4.11. The van der Waals surface area contributed by atoms with Crippen molar-refractivity contribution in [1.82, 2.24) is 15.3 Å². The van der Waals surface area contributed by atoms with Crippen molar-refractivity contribution in [3.63, 3.8) is 0 Å². The standard InChI is InChI=1S/C14H22N4/c1-10-16-12-7-6-11(8-13(12)17-10)18(5)14(2,3)9-15-4/h6-8,15H,9H2,1-5H3,(H,16,17). The van der Waals surface area contributed by atoms with Gasteiger partial charge in [-0.25, -0.2) is 4.98 Å². The van der Waals surface area contributed by atoms with Gasteiger partial charge in [-0.1, -0.05) is 0 Å². The van der Waals surface area contributed by atoms with Gasteiger partial charge in [0.15, 0.2) is 0 Å². The summed E-state index contributed by atoms with van der Waals surface area (Å²) in [4.78, 5) is 10.0. The van der Waals surface area contributed by atoms with Gasteiger partial charge in [-0.05, 0) is 46.0 Å². The average Bonchev–Trinajstić information content (AvgIpc) is 2.66. The van der Waals surface area contributed by atoms with E-state index in [2.05, 4.69) is 59.3 Å². The molecule has 2 aromatic rings. The molecule has 2 rings (SSSR count). The van der Waals surface area contributed by atoms with Crippen molar-refractivity contribution in [2.75, 3.05) is 25.5 Å². The molecular formula is C14H22N4. The summed E-state index contributed by atoms with van der Waals surface area (Å²) < 4.78 is 0. The Hall–Kier alpha value is -1.55. The molecule has 1 heterocycles. The molecule has 2 N–H and O–H groups in total. The van der Waals surface area contributed by atoms with Crippen LogP contribution in [-0.2, 0) is 0 Å². The first-order valence-corrected chi connectivity index (χ1v) is 6.29. The second-order valence-corrected chi connectivity index (χ2v) is 5.43. The number of hydrogen-bond acceptors (Lipinski definition) is 3. The van der Waals surface area contributed by atoms with Crippen molar-refractivity contribution < 1.29 is 0 Å². The van der Waals surface area contributed by atoms with Crippen molar-refractivity contribution in [3.8, 4) is 0 Å². The molecule has 0 radical (unpaired) electrons. The smallest absolute Gasteiger partial charge is 0.104 e. The molecule has 0 fully saturated rings. The third-order valence-corrected chi connectivity index (χ3v) is 3.49. The quantitative estimate of drug-likeness (QED) is 0.870. The number of nitrogens with one attached hydrogen (secondary N) is 2. The van der Waals surface area contributed by atoms with Gasteiger partial charge in [0.1, 0.15) is 5.82 Å². The van der Waals surface area contributed by atoms with E-state index in [4.69, 9.17) is 0 Å². The summed E-state index contributed by atoms with van der Waals surface area (Å²) in [6, 6.07) is 6.35. The van der Waals surface area contributed by atoms with Crippen LogP contribution in [0.15, 0.2) is 18.2 Å². The summed E-state index contributed by atoms with van der Waals surface area (Å²) in [5, 5.41) is 3.24. The van der Waals surface area contributed by atoms with Crippen molar-refractivity contribution >= 4 is 16.7 Å². The number of aromatic nitrogens is 2. The number of likely N-dealkylation sites (N-methyl/N-ethyl adjacent to an activating group) is 2. The predicted octanol–water partition coefficient (Wildman–Crippen LogP) is 2.31. The van der Waals surface area contributed by atoms with Gasteiger partial charge in [0.25, 0.3) is 0 Å². The van der Waals surface area contributed by atoms with Gasteiger partial charge < -0.3 is 15.2 Å². The lowest BCUT2D eigenvalue weighted by atomic mass is 10.0. The molecule has 4 heteroatoms. The molecule has 0 saturated heterocycles. The Labute approximate surface area is 108 Å². The molecule has 0 amide bonds. The number of fused-ring (bicyclic) bond motifs is 1. The maximum atomic E-state index is 4.43. The first-order valence-electron chi connectivity index (χ1n) is 6.29. The van der Waals surface area contributed by atoms with Crippen molar-refractivity contribution in [2.45, 2.75) is 26.3 Å². The highest BCUT2D eigenvalue weighted by molar-refractivity contribution is 5.79. The monoisotopic (exact) mass is 246 g/mol. The second kappa shape index (κ2) is 4.61. The molecule has 0 aliphatic rings. The number of hydrogen-bond donors (Lipinski definition) is 2. The highest BCUT2D eigenvalue weighted by atomic mass is 15.2. The number of aryl methyl sites for hydroxylation is 1. The van der Waals surface area contributed by atoms with E-state index < -0.39 is 0 Å². The lowest BCUT2D eigenvalue weighted by Crippen LogP contribution is -2.48. The molecular weight excluding hydrogens is 224 g/mol. The topological polar surface area (TPSA) is 44.0 Å². The largest absolute Gasteiger partial charge is 0.368 e. The molecule has 4 nitrogen and oxygen atoms in total. The number of rotatable bonds is 4. The van der Waals surface area contributed by atoms with Crippen LogP contribution in [0.4, 0.5) is 5.69 Å². The molecule has 1 aromatic carbocycles. The van der Waals surface area contributed by atoms with Gasteiger partial charge in [-0.15, -0.1) is 0 Å². The first kappa shape index (κ1) is 12.9. The molecule has 0 saturated carbocycles. The van der Waals surface area contributed by atoms with E-state index in [0.717, 1.165) is 23.4 Å². The van der Waals surface area contributed by atoms with Crippen LogP contribution in [0.25, 0.3) is 11.0 Å². The third kappa shape index (κ3) is 2.34. The lowest BCUT2D eigenvalue weighted by Gasteiger charge is -2.37. The SMILES string of the molecule is CNCC(C)(C)N(C)c1ccc2nc(C)[nH]c2c1. The number of H-pyrrole nitrogens is 1. The first-order chi connectivity index (χ1) is 8.44. The minimum absolute atomic E-state index is 0.0670. The summed E-state index contributed by atoms with van der Waals surface area (Å²) in [5.41, 5.74) is 3.39. The fourth-order valence-corrected chi connectivity index (χ4v) is 2.23. The number of imidazole rings is 1. The minimum atomic E-state index is 0.0670. The van der Waals surface area contributed by atoms with Crippen LogP contribution in [0.2, 0.25) is 0 Å². The zero-order valence-corrected chi connectivity index (χ0v) is 11.8. The average molecular weight is 246 g/mol. The van der Waals surface area contributed by atoms with Crippen LogP contribution in [-0.4, -0.2) is 36.1 Å². The van der Waals surface area contributed by atoms with Crippen molar-refractivity contribution in [1.29, 1.82) is 0 Å². The van der Waals surface area contributed by atoms with E-state index in [0.29, 0.717) is 0 Å². The van der Waals surface area contributed by atoms with Crippen LogP contribution < -0.4 is 10.2 Å². The maximum absolute atomic E-state index is 4.43. The summed E-state index contributed by atoms with van der Waals surface area (Å²) in [6.07, 6.45) is 0. The Morgan fingerprint density at radius 2 is 2.11 bits per heavy atom. The fraction of sp³-hybridized carbons (Fsp3) is 0.500. The van der Waals surface area contributed by atoms with Gasteiger partial charge >= 0.3 is 0 Å². The number of nitrogens with zero attached hydrogens (tertiary/aromatic N) is 2. The molecule has 0 atom stereocenters. The summed E-state index contributed by atoms with van der Waals surface area (Å²) in [6.45, 7) is 7.37. The summed E-state index contributed by atoms with van der Waals surface area (Å²) >= 11 is 0. The molecule has 98 valence electrons. The fourth-order valence-electron chi connectivity index (χ4n) is 2.23. The molecule has 18 heavy (non-hydrogen) atoms. The van der Waals surface area contributed by atoms with E-state index >= 15 is 0 Å². The van der Waals surface area contributed by atoms with Crippen LogP contribution >= 0.6 is 0 Å². The zero-order valence-electron chi connectivity index (χ0n) is 11.8. The van der Waals surface area contributed by atoms with Gasteiger partial charge in [-0.2, -0.15) is 0 Å². The Morgan fingerprint density at radius 3 is 2.78 bits per heavy atom. The molecule has 0 spiro atoms. The van der Waals surface area contributed by atoms with Crippen molar-refractivity contribution in [2.24, 2.45) is 0 Å². The van der Waals surface area contributed by atoms with Gasteiger partial charge in [-0.3, -0.25) is 0 Å². The van der Waals surface area contributed by atoms with E-state index in [1.165, 1.54) is 5.69 Å². The number of benzene rings is 1. The van der Waals surface area contributed by atoms with Crippen LogP contribution in [0, 0.1) is 6.92 Å². The van der Waals surface area contributed by atoms with Crippen LogP contribution in [0.5, 0.6) is 0 Å². The predicted molar refractivity (Wildman–Crippen MR) is 77.2 cm³/mol. The van der Waals surface area contributed by atoms with E-state index in [1.54, 1.807) is 0 Å². The normalized spacial score (nSPS) is 12.1. The Morgan fingerprint density at radius 1 is 1.39 bits per heavy atom. The van der Waals surface area contributed by atoms with E-state index in [-0.39, 0.29) is 5.54 Å². The van der Waals surface area contributed by atoms with Gasteiger partial charge in [0, 0.05) is 24.8 Å². The Kier molecular flexibility index (Phi) is 3.30. The molecule has 1 aromatic heterocycles. The second-order valence-electron chi connectivity index (χ2n) is 5.43. The van der Waals surface area contributed by atoms with E-state index in [9.17, 15) is 0 Å². The highest BCUT2D eigenvalue weighted by Crippen LogP contribution is 2.25. The van der Waals surface area contributed by atoms with Gasteiger partial charge in [0.05, 0.1) is 11.0 Å². The number of aromatic amines is 1. The van der Waals surface area contributed by atoms with Crippen LogP contribution in [0.1, 0.15) is 19.7 Å². The molecule has 0 aliphatic carbocycles. The maximum Gasteiger partial charge on any atom is 0.104 e. The number of anilines is 1. The van der Waals surface area contributed by atoms with Crippen molar-refractivity contribution in [3.05, 3.63) is 24.0 Å². The minimum Gasteiger partial charge on any atom is -0.368 e. The van der Waals surface area contributed by atoms with Crippen LogP contribution in [0.3, 0.4) is 0 Å². The van der Waals surface area contributed by atoms with Gasteiger partial charge in [0.2, 0.25) is 0 Å².